The number of halogens is 1. The first-order valence-corrected chi connectivity index (χ1v) is 6.62. The molecule has 18 heavy (non-hydrogen) atoms. The van der Waals surface area contributed by atoms with Crippen LogP contribution in [0, 0.1) is 5.92 Å². The van der Waals surface area contributed by atoms with Crippen LogP contribution in [0.4, 0.5) is 0 Å². The van der Waals surface area contributed by atoms with Gasteiger partial charge < -0.3 is 5.11 Å². The van der Waals surface area contributed by atoms with Gasteiger partial charge in [-0.2, -0.15) is 0 Å². The molecule has 0 aromatic heterocycles. The van der Waals surface area contributed by atoms with Crippen molar-refractivity contribution in [2.75, 3.05) is 0 Å². The lowest BCUT2D eigenvalue weighted by Gasteiger charge is -2.12. The van der Waals surface area contributed by atoms with E-state index in [1.165, 1.54) is 5.56 Å². The van der Waals surface area contributed by atoms with E-state index in [-0.39, 0.29) is 0 Å². The van der Waals surface area contributed by atoms with Gasteiger partial charge in [-0.3, -0.25) is 0 Å². The molecular formula is C16H15ClO. The highest BCUT2D eigenvalue weighted by molar-refractivity contribution is 6.31. The Bertz CT molecular complexity index is 538. The van der Waals surface area contributed by atoms with Crippen molar-refractivity contribution >= 4 is 11.6 Å². The van der Waals surface area contributed by atoms with E-state index in [1.807, 2.05) is 42.5 Å². The number of benzene rings is 2. The monoisotopic (exact) mass is 258 g/mol. The van der Waals surface area contributed by atoms with Crippen molar-refractivity contribution in [3.8, 4) is 0 Å². The van der Waals surface area contributed by atoms with Gasteiger partial charge in [0, 0.05) is 5.02 Å². The highest BCUT2D eigenvalue weighted by atomic mass is 35.5. The Balaban J connectivity index is 1.77. The van der Waals surface area contributed by atoms with E-state index < -0.39 is 6.10 Å². The lowest BCUT2D eigenvalue weighted by atomic mass is 10.0. The third kappa shape index (κ3) is 2.16. The van der Waals surface area contributed by atoms with Crippen molar-refractivity contribution in [3.63, 3.8) is 0 Å². The summed E-state index contributed by atoms with van der Waals surface area (Å²) >= 11 is 6.12. The van der Waals surface area contributed by atoms with Crippen molar-refractivity contribution < 1.29 is 5.11 Å². The molecule has 0 amide bonds. The van der Waals surface area contributed by atoms with Crippen molar-refractivity contribution in [1.82, 2.24) is 0 Å². The molecule has 3 atom stereocenters. The van der Waals surface area contributed by atoms with Gasteiger partial charge in [0.05, 0.1) is 6.10 Å². The zero-order valence-electron chi connectivity index (χ0n) is 9.96. The van der Waals surface area contributed by atoms with Crippen LogP contribution in [0.3, 0.4) is 0 Å². The molecule has 3 rings (SSSR count). The maximum atomic E-state index is 10.4. The Hall–Kier alpha value is -1.31. The van der Waals surface area contributed by atoms with E-state index in [1.54, 1.807) is 0 Å². The Kier molecular flexibility index (Phi) is 3.11. The van der Waals surface area contributed by atoms with Crippen LogP contribution >= 0.6 is 11.6 Å². The molecule has 1 aliphatic rings. The molecule has 1 saturated carbocycles. The van der Waals surface area contributed by atoms with Gasteiger partial charge in [0.2, 0.25) is 0 Å². The van der Waals surface area contributed by atoms with Gasteiger partial charge in [-0.25, -0.2) is 0 Å². The highest BCUT2D eigenvalue weighted by Gasteiger charge is 2.44. The van der Waals surface area contributed by atoms with E-state index in [9.17, 15) is 5.11 Å². The van der Waals surface area contributed by atoms with Gasteiger partial charge in [-0.1, -0.05) is 60.1 Å². The van der Waals surface area contributed by atoms with E-state index in [4.69, 9.17) is 11.6 Å². The molecular weight excluding hydrogens is 244 g/mol. The fraction of sp³-hybridized carbons (Fsp3) is 0.250. The van der Waals surface area contributed by atoms with Crippen LogP contribution in [0.25, 0.3) is 0 Å². The number of hydrogen-bond donors (Lipinski definition) is 1. The summed E-state index contributed by atoms with van der Waals surface area (Å²) < 4.78 is 0. The van der Waals surface area contributed by atoms with Gasteiger partial charge in [0.1, 0.15) is 0 Å². The van der Waals surface area contributed by atoms with Crippen molar-refractivity contribution in [2.45, 2.75) is 18.4 Å². The quantitative estimate of drug-likeness (QED) is 0.876. The number of hydrogen-bond acceptors (Lipinski definition) is 1. The lowest BCUT2D eigenvalue weighted by Crippen LogP contribution is -2.02. The van der Waals surface area contributed by atoms with Crippen LogP contribution < -0.4 is 0 Å². The van der Waals surface area contributed by atoms with E-state index in [0.29, 0.717) is 16.9 Å². The Morgan fingerprint density at radius 3 is 2.39 bits per heavy atom. The second-order valence-corrected chi connectivity index (χ2v) is 5.29. The Morgan fingerprint density at radius 1 is 1.00 bits per heavy atom. The van der Waals surface area contributed by atoms with Gasteiger partial charge in [0.15, 0.2) is 0 Å². The third-order valence-corrected chi connectivity index (χ3v) is 4.04. The number of aliphatic hydroxyl groups excluding tert-OH is 1. The summed E-state index contributed by atoms with van der Waals surface area (Å²) in [6.07, 6.45) is 0.583. The van der Waals surface area contributed by atoms with E-state index >= 15 is 0 Å². The molecule has 1 aliphatic carbocycles. The molecule has 0 saturated heterocycles. The van der Waals surface area contributed by atoms with Gasteiger partial charge >= 0.3 is 0 Å². The van der Waals surface area contributed by atoms with Crippen LogP contribution in [-0.4, -0.2) is 5.11 Å². The zero-order valence-corrected chi connectivity index (χ0v) is 10.7. The average molecular weight is 259 g/mol. The second kappa shape index (κ2) is 4.75. The normalized spacial score (nSPS) is 23.7. The largest absolute Gasteiger partial charge is 0.388 e. The second-order valence-electron chi connectivity index (χ2n) is 4.88. The molecule has 3 unspecified atom stereocenters. The standard InChI is InChI=1S/C16H15ClO/c17-15-9-5-4-8-12(15)16(18)14-10-13(14)11-6-2-1-3-7-11/h1-9,13-14,16,18H,10H2. The van der Waals surface area contributed by atoms with Crippen LogP contribution in [0.2, 0.25) is 5.02 Å². The SMILES string of the molecule is OC(c1ccccc1Cl)C1CC1c1ccccc1. The minimum atomic E-state index is -0.455. The molecule has 2 aromatic rings. The summed E-state index contributed by atoms with van der Waals surface area (Å²) in [7, 11) is 0. The topological polar surface area (TPSA) is 20.2 Å². The van der Waals surface area contributed by atoms with Gasteiger partial charge in [-0.15, -0.1) is 0 Å². The van der Waals surface area contributed by atoms with Crippen molar-refractivity contribution in [1.29, 1.82) is 0 Å². The molecule has 2 aromatic carbocycles. The first kappa shape index (κ1) is 11.8. The fourth-order valence-corrected chi connectivity index (χ4v) is 2.84. The zero-order chi connectivity index (χ0) is 12.5. The molecule has 2 heteroatoms. The predicted octanol–water partition coefficient (Wildman–Crippen LogP) is 4.18. The minimum absolute atomic E-state index is 0.298. The number of rotatable bonds is 3. The maximum Gasteiger partial charge on any atom is 0.0838 e. The number of aliphatic hydroxyl groups is 1. The van der Waals surface area contributed by atoms with Gasteiger partial charge in [0.25, 0.3) is 0 Å². The molecule has 0 heterocycles. The minimum Gasteiger partial charge on any atom is -0.388 e. The average Bonchev–Trinajstić information content (AvgIpc) is 3.20. The third-order valence-electron chi connectivity index (χ3n) is 3.70. The van der Waals surface area contributed by atoms with E-state index in [2.05, 4.69) is 12.1 Å². The molecule has 1 nitrogen and oxygen atoms in total. The lowest BCUT2D eigenvalue weighted by molar-refractivity contribution is 0.151. The molecule has 0 aliphatic heterocycles. The smallest absolute Gasteiger partial charge is 0.0838 e. The summed E-state index contributed by atoms with van der Waals surface area (Å²) in [5.41, 5.74) is 2.16. The molecule has 92 valence electrons. The summed E-state index contributed by atoms with van der Waals surface area (Å²) in [5.74, 6) is 0.768. The van der Waals surface area contributed by atoms with E-state index in [0.717, 1.165) is 12.0 Å². The molecule has 1 N–H and O–H groups in total. The van der Waals surface area contributed by atoms with Crippen molar-refractivity contribution in [3.05, 3.63) is 70.7 Å². The molecule has 0 radical (unpaired) electrons. The van der Waals surface area contributed by atoms with Crippen LogP contribution in [0.1, 0.15) is 29.6 Å². The van der Waals surface area contributed by atoms with Gasteiger partial charge in [-0.05, 0) is 35.4 Å². The molecule has 0 spiro atoms. The summed E-state index contributed by atoms with van der Waals surface area (Å²) in [4.78, 5) is 0. The highest BCUT2D eigenvalue weighted by Crippen LogP contribution is 2.54. The first-order chi connectivity index (χ1) is 8.77. The van der Waals surface area contributed by atoms with Crippen LogP contribution in [-0.2, 0) is 0 Å². The van der Waals surface area contributed by atoms with Crippen molar-refractivity contribution in [2.24, 2.45) is 5.92 Å². The maximum absolute atomic E-state index is 10.4. The fourth-order valence-electron chi connectivity index (χ4n) is 2.59. The first-order valence-electron chi connectivity index (χ1n) is 6.25. The summed E-state index contributed by atoms with van der Waals surface area (Å²) in [5, 5.41) is 11.0. The van der Waals surface area contributed by atoms with Crippen LogP contribution in [0.15, 0.2) is 54.6 Å². The Labute approximate surface area is 112 Å². The predicted molar refractivity (Wildman–Crippen MR) is 73.7 cm³/mol. The molecule has 1 fully saturated rings. The molecule has 0 bridgehead atoms. The Morgan fingerprint density at radius 2 is 1.67 bits per heavy atom. The summed E-state index contributed by atoms with van der Waals surface area (Å²) in [6, 6.07) is 17.9. The van der Waals surface area contributed by atoms with Crippen LogP contribution in [0.5, 0.6) is 0 Å². The summed E-state index contributed by atoms with van der Waals surface area (Å²) in [6.45, 7) is 0.